The van der Waals surface area contributed by atoms with Gasteiger partial charge in [0.25, 0.3) is 0 Å². The van der Waals surface area contributed by atoms with Gasteiger partial charge >= 0.3 is 0 Å². The first-order chi connectivity index (χ1) is 10.5. The Morgan fingerprint density at radius 2 is 1.59 bits per heavy atom. The molecule has 1 amide bonds. The third-order valence-corrected chi connectivity index (χ3v) is 3.80. The largest absolute Gasteiger partial charge is 0.399 e. The Balaban J connectivity index is 1.92. The van der Waals surface area contributed by atoms with Gasteiger partial charge in [0.05, 0.1) is 11.8 Å². The van der Waals surface area contributed by atoms with E-state index in [0.29, 0.717) is 17.8 Å². The van der Waals surface area contributed by atoms with Crippen LogP contribution in [0.1, 0.15) is 30.5 Å². The van der Waals surface area contributed by atoms with Crippen LogP contribution >= 0.6 is 0 Å². The average molecular weight is 294 g/mol. The summed E-state index contributed by atoms with van der Waals surface area (Å²) in [7, 11) is 0. The second kappa shape index (κ2) is 5.52. The SMILES string of the molecule is CC(=O)N1N=C(c2ccc(N)cc2)CC1c1ccc(N)cc1. The summed E-state index contributed by atoms with van der Waals surface area (Å²) in [5.74, 6) is -0.0766. The van der Waals surface area contributed by atoms with Gasteiger partial charge < -0.3 is 11.5 Å². The molecule has 0 saturated heterocycles. The average Bonchev–Trinajstić information content (AvgIpc) is 2.94. The van der Waals surface area contributed by atoms with Gasteiger partial charge in [0.2, 0.25) is 5.91 Å². The van der Waals surface area contributed by atoms with Crippen LogP contribution in [0.5, 0.6) is 0 Å². The van der Waals surface area contributed by atoms with Gasteiger partial charge in [-0.05, 0) is 35.4 Å². The molecule has 5 nitrogen and oxygen atoms in total. The van der Waals surface area contributed by atoms with Gasteiger partial charge in [0.15, 0.2) is 0 Å². The Kier molecular flexibility index (Phi) is 3.55. The smallest absolute Gasteiger partial charge is 0.240 e. The van der Waals surface area contributed by atoms with Gasteiger partial charge in [-0.3, -0.25) is 4.79 Å². The highest BCUT2D eigenvalue weighted by Gasteiger charge is 2.31. The summed E-state index contributed by atoms with van der Waals surface area (Å²) < 4.78 is 0. The quantitative estimate of drug-likeness (QED) is 0.835. The number of nitrogen functional groups attached to an aromatic ring is 2. The first kappa shape index (κ1) is 14.1. The van der Waals surface area contributed by atoms with Gasteiger partial charge in [0, 0.05) is 24.7 Å². The fourth-order valence-electron chi connectivity index (χ4n) is 2.63. The van der Waals surface area contributed by atoms with E-state index in [1.54, 1.807) is 0 Å². The number of hydrazone groups is 1. The maximum absolute atomic E-state index is 11.9. The molecule has 1 atom stereocenters. The number of hydrogen-bond acceptors (Lipinski definition) is 4. The monoisotopic (exact) mass is 294 g/mol. The molecule has 5 heteroatoms. The molecule has 0 fully saturated rings. The minimum atomic E-state index is -0.0920. The number of hydrogen-bond donors (Lipinski definition) is 2. The van der Waals surface area contributed by atoms with Crippen molar-refractivity contribution in [2.45, 2.75) is 19.4 Å². The fraction of sp³-hybridized carbons (Fsp3) is 0.176. The number of carbonyl (C=O) groups is 1. The molecule has 0 aliphatic carbocycles. The Morgan fingerprint density at radius 1 is 1.05 bits per heavy atom. The predicted octanol–water partition coefficient (Wildman–Crippen LogP) is 2.55. The molecule has 0 aromatic heterocycles. The standard InChI is InChI=1S/C17H18N4O/c1-11(22)21-17(13-4-8-15(19)9-5-13)10-16(20-21)12-2-6-14(18)7-3-12/h2-9,17H,10,18-19H2,1H3. The maximum atomic E-state index is 11.9. The summed E-state index contributed by atoms with van der Waals surface area (Å²) in [5.41, 5.74) is 15.8. The first-order valence-corrected chi connectivity index (χ1v) is 7.13. The van der Waals surface area contributed by atoms with Crippen molar-refractivity contribution in [3.63, 3.8) is 0 Å². The summed E-state index contributed by atoms with van der Waals surface area (Å²) in [4.78, 5) is 11.9. The van der Waals surface area contributed by atoms with Crippen molar-refractivity contribution in [1.82, 2.24) is 5.01 Å². The molecule has 1 unspecified atom stereocenters. The molecule has 4 N–H and O–H groups in total. The molecule has 1 aliphatic heterocycles. The van der Waals surface area contributed by atoms with Crippen molar-refractivity contribution in [2.75, 3.05) is 11.5 Å². The van der Waals surface area contributed by atoms with Gasteiger partial charge in [-0.25, -0.2) is 5.01 Å². The van der Waals surface area contributed by atoms with Gasteiger partial charge in [-0.15, -0.1) is 0 Å². The van der Waals surface area contributed by atoms with Crippen molar-refractivity contribution in [2.24, 2.45) is 5.10 Å². The number of nitrogens with two attached hydrogens (primary N) is 2. The van der Waals surface area contributed by atoms with Crippen molar-refractivity contribution < 1.29 is 4.79 Å². The van der Waals surface area contributed by atoms with E-state index in [1.807, 2.05) is 48.5 Å². The lowest BCUT2D eigenvalue weighted by Gasteiger charge is -2.20. The third-order valence-electron chi connectivity index (χ3n) is 3.80. The van der Waals surface area contributed by atoms with E-state index >= 15 is 0 Å². The predicted molar refractivity (Wildman–Crippen MR) is 88.1 cm³/mol. The lowest BCUT2D eigenvalue weighted by Crippen LogP contribution is -2.24. The van der Waals surface area contributed by atoms with Gasteiger partial charge in [-0.1, -0.05) is 24.3 Å². The Hall–Kier alpha value is -2.82. The van der Waals surface area contributed by atoms with E-state index in [9.17, 15) is 4.79 Å². The summed E-state index contributed by atoms with van der Waals surface area (Å²) in [5, 5.41) is 6.03. The molecule has 1 heterocycles. The molecular formula is C17H18N4O. The molecule has 0 bridgehead atoms. The second-order valence-electron chi connectivity index (χ2n) is 5.42. The molecule has 3 rings (SSSR count). The van der Waals surface area contributed by atoms with Crippen LogP contribution in [-0.4, -0.2) is 16.6 Å². The molecule has 112 valence electrons. The Labute approximate surface area is 129 Å². The Morgan fingerprint density at radius 3 is 2.14 bits per heavy atom. The third kappa shape index (κ3) is 2.65. The zero-order chi connectivity index (χ0) is 15.7. The summed E-state index contributed by atoms with van der Waals surface area (Å²) in [6.45, 7) is 1.53. The highest BCUT2D eigenvalue weighted by Crippen LogP contribution is 2.33. The van der Waals surface area contributed by atoms with Crippen LogP contribution in [0.2, 0.25) is 0 Å². The lowest BCUT2D eigenvalue weighted by atomic mass is 9.98. The number of benzene rings is 2. The molecule has 0 radical (unpaired) electrons. The normalized spacial score (nSPS) is 17.4. The highest BCUT2D eigenvalue weighted by atomic mass is 16.2. The lowest BCUT2D eigenvalue weighted by molar-refractivity contribution is -0.130. The minimum Gasteiger partial charge on any atom is -0.399 e. The van der Waals surface area contributed by atoms with E-state index in [4.69, 9.17) is 11.5 Å². The number of amides is 1. The van der Waals surface area contributed by atoms with Crippen LogP contribution in [0.4, 0.5) is 11.4 Å². The van der Waals surface area contributed by atoms with Gasteiger partial charge in [0.1, 0.15) is 0 Å². The van der Waals surface area contributed by atoms with E-state index in [0.717, 1.165) is 16.8 Å². The van der Waals surface area contributed by atoms with E-state index in [2.05, 4.69) is 5.10 Å². The second-order valence-corrected chi connectivity index (χ2v) is 5.42. The number of rotatable bonds is 2. The van der Waals surface area contributed by atoms with Crippen molar-refractivity contribution in [3.05, 3.63) is 59.7 Å². The number of anilines is 2. The molecule has 0 spiro atoms. The van der Waals surface area contributed by atoms with Gasteiger partial charge in [-0.2, -0.15) is 5.10 Å². The summed E-state index contributed by atoms with van der Waals surface area (Å²) in [6.07, 6.45) is 0.674. The topological polar surface area (TPSA) is 84.7 Å². The maximum Gasteiger partial charge on any atom is 0.240 e. The summed E-state index contributed by atoms with van der Waals surface area (Å²) >= 11 is 0. The molecule has 1 aliphatic rings. The van der Waals surface area contributed by atoms with Crippen LogP contribution in [0.15, 0.2) is 53.6 Å². The molecule has 22 heavy (non-hydrogen) atoms. The molecule has 2 aromatic carbocycles. The van der Waals surface area contributed by atoms with Crippen LogP contribution in [0, 0.1) is 0 Å². The zero-order valence-corrected chi connectivity index (χ0v) is 12.4. The van der Waals surface area contributed by atoms with Crippen molar-refractivity contribution in [3.8, 4) is 0 Å². The molecule has 2 aromatic rings. The molecular weight excluding hydrogens is 276 g/mol. The van der Waals surface area contributed by atoms with E-state index in [1.165, 1.54) is 11.9 Å². The zero-order valence-electron chi connectivity index (χ0n) is 12.4. The fourth-order valence-corrected chi connectivity index (χ4v) is 2.63. The van der Waals surface area contributed by atoms with Crippen LogP contribution in [0.3, 0.4) is 0 Å². The van der Waals surface area contributed by atoms with Crippen molar-refractivity contribution >= 4 is 23.0 Å². The first-order valence-electron chi connectivity index (χ1n) is 7.13. The van der Waals surface area contributed by atoms with Crippen LogP contribution in [-0.2, 0) is 4.79 Å². The highest BCUT2D eigenvalue weighted by molar-refractivity contribution is 6.03. The van der Waals surface area contributed by atoms with Crippen molar-refractivity contribution in [1.29, 1.82) is 0 Å². The number of carbonyl (C=O) groups excluding carboxylic acids is 1. The van der Waals surface area contributed by atoms with Crippen LogP contribution < -0.4 is 11.5 Å². The Bertz CT molecular complexity index is 719. The van der Waals surface area contributed by atoms with E-state index in [-0.39, 0.29) is 11.9 Å². The number of nitrogens with zero attached hydrogens (tertiary/aromatic N) is 2. The van der Waals surface area contributed by atoms with Crippen LogP contribution in [0.25, 0.3) is 0 Å². The summed E-state index contributed by atoms with van der Waals surface area (Å²) in [6, 6.07) is 15.0. The molecule has 0 saturated carbocycles. The van der Waals surface area contributed by atoms with E-state index < -0.39 is 0 Å². The minimum absolute atomic E-state index is 0.0766.